The molecule has 0 bridgehead atoms. The van der Waals surface area contributed by atoms with Crippen molar-refractivity contribution in [2.45, 2.75) is 44.2 Å². The lowest BCUT2D eigenvalue weighted by molar-refractivity contribution is 0.240. The van der Waals surface area contributed by atoms with Crippen LogP contribution in [-0.2, 0) is 10.0 Å². The zero-order valence-corrected chi connectivity index (χ0v) is 13.0. The van der Waals surface area contributed by atoms with Crippen molar-refractivity contribution in [3.63, 3.8) is 0 Å². The van der Waals surface area contributed by atoms with Gasteiger partial charge in [-0.25, -0.2) is 8.42 Å². The van der Waals surface area contributed by atoms with Crippen molar-refractivity contribution in [3.8, 4) is 5.75 Å². The van der Waals surface area contributed by atoms with Crippen LogP contribution in [0, 0.1) is 6.92 Å². The van der Waals surface area contributed by atoms with E-state index in [1.165, 1.54) is 4.31 Å². The minimum absolute atomic E-state index is 0.0607. The highest BCUT2D eigenvalue weighted by molar-refractivity contribution is 7.89. The fourth-order valence-electron chi connectivity index (χ4n) is 2.29. The summed E-state index contributed by atoms with van der Waals surface area (Å²) in [5.41, 5.74) is 6.61. The summed E-state index contributed by atoms with van der Waals surface area (Å²) in [5.74, 6) is 0.720. The molecule has 20 heavy (non-hydrogen) atoms. The van der Waals surface area contributed by atoms with Crippen molar-refractivity contribution in [1.82, 2.24) is 4.31 Å². The Hall–Kier alpha value is -1.11. The summed E-state index contributed by atoms with van der Waals surface area (Å²) in [6.07, 6.45) is 0.778. The van der Waals surface area contributed by atoms with Gasteiger partial charge in [0.25, 0.3) is 0 Å². The predicted octanol–water partition coefficient (Wildman–Crippen LogP) is 1.50. The molecular formula is C14H22N2O3S. The molecule has 0 radical (unpaired) electrons. The van der Waals surface area contributed by atoms with Crippen molar-refractivity contribution in [3.05, 3.63) is 23.8 Å². The van der Waals surface area contributed by atoms with E-state index in [4.69, 9.17) is 10.5 Å². The highest BCUT2D eigenvalue weighted by Crippen LogP contribution is 2.26. The minimum Gasteiger partial charge on any atom is -0.491 e. The number of ether oxygens (including phenoxy) is 1. The zero-order valence-electron chi connectivity index (χ0n) is 12.2. The minimum atomic E-state index is -3.44. The largest absolute Gasteiger partial charge is 0.491 e. The quantitative estimate of drug-likeness (QED) is 0.914. The molecule has 1 fully saturated rings. The van der Waals surface area contributed by atoms with Crippen LogP contribution in [0.3, 0.4) is 0 Å². The van der Waals surface area contributed by atoms with Gasteiger partial charge in [-0.1, -0.05) is 0 Å². The number of nitrogens with zero attached hydrogens (tertiary/aromatic N) is 1. The maximum Gasteiger partial charge on any atom is 0.243 e. The number of hydrogen-bond acceptors (Lipinski definition) is 4. The van der Waals surface area contributed by atoms with Gasteiger partial charge in [-0.2, -0.15) is 4.31 Å². The molecule has 0 spiro atoms. The van der Waals surface area contributed by atoms with Gasteiger partial charge in [-0.3, -0.25) is 0 Å². The van der Waals surface area contributed by atoms with Crippen LogP contribution in [-0.4, -0.2) is 38.0 Å². The van der Waals surface area contributed by atoms with E-state index in [0.717, 1.165) is 11.3 Å². The molecule has 1 aliphatic heterocycles. The molecule has 112 valence electrons. The Morgan fingerprint density at radius 1 is 1.40 bits per heavy atom. The molecule has 6 heteroatoms. The third-order valence-corrected chi connectivity index (χ3v) is 5.20. The molecule has 1 heterocycles. The Balaban J connectivity index is 2.27. The van der Waals surface area contributed by atoms with Crippen molar-refractivity contribution < 1.29 is 13.2 Å². The summed E-state index contributed by atoms with van der Waals surface area (Å²) in [7, 11) is -3.44. The Kier molecular flexibility index (Phi) is 4.36. The average molecular weight is 298 g/mol. The van der Waals surface area contributed by atoms with Gasteiger partial charge in [0.05, 0.1) is 11.0 Å². The highest BCUT2D eigenvalue weighted by atomic mass is 32.2. The summed E-state index contributed by atoms with van der Waals surface area (Å²) in [6, 6.07) is 4.92. The van der Waals surface area contributed by atoms with Crippen LogP contribution < -0.4 is 10.5 Å². The van der Waals surface area contributed by atoms with E-state index >= 15 is 0 Å². The summed E-state index contributed by atoms with van der Waals surface area (Å²) in [4.78, 5) is 0.306. The van der Waals surface area contributed by atoms with Crippen molar-refractivity contribution in [1.29, 1.82) is 0 Å². The number of nitrogens with two attached hydrogens (primary N) is 1. The number of benzene rings is 1. The summed E-state index contributed by atoms with van der Waals surface area (Å²) in [5, 5.41) is 0. The fourth-order valence-corrected chi connectivity index (χ4v) is 3.89. The van der Waals surface area contributed by atoms with Crippen LogP contribution >= 0.6 is 0 Å². The zero-order chi connectivity index (χ0) is 14.9. The van der Waals surface area contributed by atoms with Gasteiger partial charge in [0, 0.05) is 19.1 Å². The first-order valence-corrected chi connectivity index (χ1v) is 8.27. The Morgan fingerprint density at radius 3 is 2.60 bits per heavy atom. The number of aryl methyl sites for hydroxylation is 1. The second kappa shape index (κ2) is 5.71. The fraction of sp³-hybridized carbons (Fsp3) is 0.571. The molecule has 5 nitrogen and oxygen atoms in total. The number of hydrogen-bond donors (Lipinski definition) is 1. The summed E-state index contributed by atoms with van der Waals surface area (Å²) in [6.45, 7) is 6.62. The van der Waals surface area contributed by atoms with E-state index in [-0.39, 0.29) is 12.1 Å². The molecular weight excluding hydrogens is 276 g/mol. The standard InChI is InChI=1S/C14H22N2O3S/c1-10(2)19-14-5-4-13(8-11(14)3)20(17,18)16-7-6-12(15)9-16/h4-5,8,10,12H,6-7,9,15H2,1-3H3. The Labute approximate surface area is 120 Å². The van der Waals surface area contributed by atoms with Crippen LogP contribution in [0.2, 0.25) is 0 Å². The number of sulfonamides is 1. The second-order valence-electron chi connectivity index (χ2n) is 5.51. The van der Waals surface area contributed by atoms with E-state index in [2.05, 4.69) is 0 Å². The first-order valence-electron chi connectivity index (χ1n) is 6.83. The lowest BCUT2D eigenvalue weighted by Crippen LogP contribution is -2.32. The number of rotatable bonds is 4. The molecule has 2 N–H and O–H groups in total. The van der Waals surface area contributed by atoms with Crippen molar-refractivity contribution >= 4 is 10.0 Å². The molecule has 1 atom stereocenters. The van der Waals surface area contributed by atoms with Gasteiger partial charge < -0.3 is 10.5 Å². The molecule has 1 saturated heterocycles. The van der Waals surface area contributed by atoms with Crippen molar-refractivity contribution in [2.24, 2.45) is 5.73 Å². The third kappa shape index (κ3) is 3.13. The van der Waals surface area contributed by atoms with E-state index in [1.807, 2.05) is 20.8 Å². The highest BCUT2D eigenvalue weighted by Gasteiger charge is 2.31. The smallest absolute Gasteiger partial charge is 0.243 e. The van der Waals surface area contributed by atoms with Gasteiger partial charge in [0.2, 0.25) is 10.0 Å². The summed E-state index contributed by atoms with van der Waals surface area (Å²) >= 11 is 0. The molecule has 0 aliphatic carbocycles. The van der Waals surface area contributed by atoms with Gasteiger partial charge in [-0.05, 0) is 51.0 Å². The Morgan fingerprint density at radius 2 is 2.10 bits per heavy atom. The normalized spacial score (nSPS) is 20.6. The molecule has 2 rings (SSSR count). The van der Waals surface area contributed by atoms with Crippen LogP contribution in [0.15, 0.2) is 23.1 Å². The lowest BCUT2D eigenvalue weighted by atomic mass is 10.2. The molecule has 0 saturated carbocycles. The molecule has 1 unspecified atom stereocenters. The lowest BCUT2D eigenvalue weighted by Gasteiger charge is -2.18. The molecule has 1 aromatic carbocycles. The van der Waals surface area contributed by atoms with Crippen molar-refractivity contribution in [2.75, 3.05) is 13.1 Å². The molecule has 0 aromatic heterocycles. The van der Waals surface area contributed by atoms with Crippen LogP contribution in [0.25, 0.3) is 0 Å². The second-order valence-corrected chi connectivity index (χ2v) is 7.44. The SMILES string of the molecule is Cc1cc(S(=O)(=O)N2CCC(N)C2)ccc1OC(C)C. The topological polar surface area (TPSA) is 72.6 Å². The maximum absolute atomic E-state index is 12.5. The van der Waals surface area contributed by atoms with E-state index in [1.54, 1.807) is 18.2 Å². The summed E-state index contributed by atoms with van der Waals surface area (Å²) < 4.78 is 32.1. The monoisotopic (exact) mass is 298 g/mol. The first kappa shape index (κ1) is 15.3. The predicted molar refractivity (Wildman–Crippen MR) is 78.3 cm³/mol. The van der Waals surface area contributed by atoms with Gasteiger partial charge in [0.1, 0.15) is 5.75 Å². The molecule has 1 aliphatic rings. The molecule has 1 aromatic rings. The van der Waals surface area contributed by atoms with Crippen LogP contribution in [0.1, 0.15) is 25.8 Å². The first-order chi connectivity index (χ1) is 9.30. The average Bonchev–Trinajstić information content (AvgIpc) is 2.78. The van der Waals surface area contributed by atoms with Gasteiger partial charge >= 0.3 is 0 Å². The van der Waals surface area contributed by atoms with E-state index in [0.29, 0.717) is 24.4 Å². The van der Waals surface area contributed by atoms with E-state index < -0.39 is 10.0 Å². The third-order valence-electron chi connectivity index (χ3n) is 3.33. The van der Waals surface area contributed by atoms with E-state index in [9.17, 15) is 8.42 Å². The van der Waals surface area contributed by atoms with Gasteiger partial charge in [-0.15, -0.1) is 0 Å². The maximum atomic E-state index is 12.5. The van der Waals surface area contributed by atoms with Gasteiger partial charge in [0.15, 0.2) is 0 Å². The molecule has 0 amide bonds. The van der Waals surface area contributed by atoms with Crippen LogP contribution in [0.5, 0.6) is 5.75 Å². The van der Waals surface area contributed by atoms with Crippen LogP contribution in [0.4, 0.5) is 0 Å². The Bertz CT molecular complexity index is 584.